The first-order valence-corrected chi connectivity index (χ1v) is 10.2. The maximum absolute atomic E-state index is 13.4. The van der Waals surface area contributed by atoms with E-state index in [2.05, 4.69) is 15.6 Å². The first-order chi connectivity index (χ1) is 13.3. The molecule has 0 unspecified atom stereocenters. The van der Waals surface area contributed by atoms with E-state index in [0.717, 1.165) is 18.2 Å². The van der Waals surface area contributed by atoms with E-state index in [-0.39, 0.29) is 40.3 Å². The van der Waals surface area contributed by atoms with Gasteiger partial charge in [-0.15, -0.1) is 11.3 Å². The normalized spacial score (nSPS) is 24.7. The zero-order valence-electron chi connectivity index (χ0n) is 15.2. The molecule has 148 valence electrons. The Labute approximate surface area is 170 Å². The van der Waals surface area contributed by atoms with E-state index >= 15 is 0 Å². The number of carbonyl (C=O) groups is 2. The molecule has 28 heavy (non-hydrogen) atoms. The standard InChI is InChI=1S/C19H19ClFN3O3S/c1-2-11-7-28-17(22-11)16(26)24-19-8-18(9-19,10-19)23-15(25)6-27-12-3-4-13(20)14(21)5-12/h3-5,7H,2,6,8-10H2,1H3,(H,23,25)(H,24,26). The molecular formula is C19H19ClFN3O3S. The Kier molecular flexibility index (Phi) is 4.79. The van der Waals surface area contributed by atoms with Crippen LogP contribution < -0.4 is 15.4 Å². The average molecular weight is 424 g/mol. The number of aryl methyl sites for hydroxylation is 1. The van der Waals surface area contributed by atoms with Crippen LogP contribution in [0.1, 0.15) is 41.7 Å². The van der Waals surface area contributed by atoms with E-state index in [1.54, 1.807) is 0 Å². The SMILES string of the molecule is CCc1csc(C(=O)NC23CC(NC(=O)COc4ccc(Cl)c(F)c4)(C2)C3)n1. The lowest BCUT2D eigenvalue weighted by Gasteiger charge is -2.70. The van der Waals surface area contributed by atoms with Gasteiger partial charge < -0.3 is 15.4 Å². The fourth-order valence-corrected chi connectivity index (χ4v) is 4.88. The number of ether oxygens (including phenoxy) is 1. The third-order valence-electron chi connectivity index (χ3n) is 5.18. The summed E-state index contributed by atoms with van der Waals surface area (Å²) in [6.45, 7) is 1.79. The number of halogens is 2. The van der Waals surface area contributed by atoms with Crippen molar-refractivity contribution in [1.82, 2.24) is 15.6 Å². The number of rotatable bonds is 7. The summed E-state index contributed by atoms with van der Waals surface area (Å²) in [6, 6.07) is 4.03. The van der Waals surface area contributed by atoms with Gasteiger partial charge in [0.1, 0.15) is 11.6 Å². The van der Waals surface area contributed by atoms with Crippen molar-refractivity contribution >= 4 is 34.8 Å². The second kappa shape index (κ2) is 7.00. The Morgan fingerprint density at radius 3 is 2.64 bits per heavy atom. The number of nitrogens with one attached hydrogen (secondary N) is 2. The zero-order chi connectivity index (χ0) is 19.9. The van der Waals surface area contributed by atoms with E-state index in [9.17, 15) is 14.0 Å². The molecule has 2 bridgehead atoms. The lowest BCUT2D eigenvalue weighted by Crippen LogP contribution is -2.84. The summed E-state index contributed by atoms with van der Waals surface area (Å²) in [4.78, 5) is 28.8. The Hall–Kier alpha value is -2.19. The third kappa shape index (κ3) is 3.58. The highest BCUT2D eigenvalue weighted by molar-refractivity contribution is 7.11. The molecule has 2 amide bonds. The molecule has 0 radical (unpaired) electrons. The number of hydrogen-bond donors (Lipinski definition) is 2. The van der Waals surface area contributed by atoms with E-state index in [1.165, 1.54) is 23.5 Å². The summed E-state index contributed by atoms with van der Waals surface area (Å²) in [5.41, 5.74) is 0.385. The lowest BCUT2D eigenvalue weighted by molar-refractivity contribution is -0.141. The fraction of sp³-hybridized carbons (Fsp3) is 0.421. The molecule has 2 N–H and O–H groups in total. The van der Waals surface area contributed by atoms with Crippen molar-refractivity contribution in [3.63, 3.8) is 0 Å². The van der Waals surface area contributed by atoms with Crippen LogP contribution in [0.4, 0.5) is 4.39 Å². The molecule has 3 aliphatic carbocycles. The van der Waals surface area contributed by atoms with Gasteiger partial charge in [0.25, 0.3) is 11.8 Å². The molecule has 1 aromatic carbocycles. The number of benzene rings is 1. The highest BCUT2D eigenvalue weighted by Gasteiger charge is 2.69. The van der Waals surface area contributed by atoms with Crippen molar-refractivity contribution in [2.24, 2.45) is 0 Å². The number of nitrogens with zero attached hydrogens (tertiary/aromatic N) is 1. The number of carbonyl (C=O) groups excluding carboxylic acids is 2. The van der Waals surface area contributed by atoms with Gasteiger partial charge in [0.05, 0.1) is 10.7 Å². The Bertz CT molecular complexity index is 928. The minimum absolute atomic E-state index is 0.00156. The molecule has 6 nitrogen and oxygen atoms in total. The molecule has 2 aromatic rings. The largest absolute Gasteiger partial charge is 0.484 e. The quantitative estimate of drug-likeness (QED) is 0.717. The molecule has 3 fully saturated rings. The molecule has 0 spiro atoms. The van der Waals surface area contributed by atoms with Crippen LogP contribution in [-0.4, -0.2) is 34.5 Å². The second-order valence-electron chi connectivity index (χ2n) is 7.46. The average Bonchev–Trinajstić information content (AvgIpc) is 3.09. The van der Waals surface area contributed by atoms with Crippen molar-refractivity contribution < 1.29 is 18.7 Å². The topological polar surface area (TPSA) is 80.3 Å². The molecule has 9 heteroatoms. The van der Waals surface area contributed by atoms with Crippen LogP contribution in [-0.2, 0) is 11.2 Å². The van der Waals surface area contributed by atoms with Gasteiger partial charge in [-0.25, -0.2) is 9.37 Å². The van der Waals surface area contributed by atoms with Gasteiger partial charge in [-0.3, -0.25) is 9.59 Å². The van der Waals surface area contributed by atoms with Crippen LogP contribution in [0, 0.1) is 5.82 Å². The van der Waals surface area contributed by atoms with Gasteiger partial charge in [-0.05, 0) is 37.8 Å². The van der Waals surface area contributed by atoms with Gasteiger partial charge in [0, 0.05) is 22.5 Å². The molecule has 0 atom stereocenters. The van der Waals surface area contributed by atoms with Crippen molar-refractivity contribution in [2.75, 3.05) is 6.61 Å². The Balaban J connectivity index is 1.23. The summed E-state index contributed by atoms with van der Waals surface area (Å²) >= 11 is 6.96. The molecule has 0 aliphatic heterocycles. The van der Waals surface area contributed by atoms with Gasteiger partial charge in [-0.2, -0.15) is 0 Å². The number of hydrogen-bond acceptors (Lipinski definition) is 5. The first kappa shape index (κ1) is 19.1. The highest BCUT2D eigenvalue weighted by atomic mass is 35.5. The number of thiazole rings is 1. The van der Waals surface area contributed by atoms with Gasteiger partial charge in [-0.1, -0.05) is 18.5 Å². The molecule has 1 heterocycles. The predicted molar refractivity (Wildman–Crippen MR) is 103 cm³/mol. The van der Waals surface area contributed by atoms with E-state index in [4.69, 9.17) is 16.3 Å². The van der Waals surface area contributed by atoms with Crippen LogP contribution in [0.15, 0.2) is 23.6 Å². The van der Waals surface area contributed by atoms with Crippen molar-refractivity contribution in [3.05, 3.63) is 45.1 Å². The van der Waals surface area contributed by atoms with Gasteiger partial charge in [0.2, 0.25) is 0 Å². The molecule has 5 rings (SSSR count). The second-order valence-corrected chi connectivity index (χ2v) is 8.72. The smallest absolute Gasteiger partial charge is 0.280 e. The van der Waals surface area contributed by atoms with E-state index in [1.807, 2.05) is 12.3 Å². The Morgan fingerprint density at radius 1 is 1.29 bits per heavy atom. The lowest BCUT2D eigenvalue weighted by atomic mass is 9.44. The molecular weight excluding hydrogens is 405 g/mol. The minimum atomic E-state index is -0.594. The van der Waals surface area contributed by atoms with Crippen LogP contribution in [0.25, 0.3) is 0 Å². The maximum Gasteiger partial charge on any atom is 0.280 e. The summed E-state index contributed by atoms with van der Waals surface area (Å²) in [5.74, 6) is -0.781. The van der Waals surface area contributed by atoms with Crippen molar-refractivity contribution in [3.8, 4) is 5.75 Å². The summed E-state index contributed by atoms with van der Waals surface area (Å²) in [7, 11) is 0. The molecule has 3 saturated carbocycles. The van der Waals surface area contributed by atoms with Gasteiger partial charge >= 0.3 is 0 Å². The summed E-state index contributed by atoms with van der Waals surface area (Å²) in [6.07, 6.45) is 2.88. The molecule has 1 aromatic heterocycles. The first-order valence-electron chi connectivity index (χ1n) is 8.98. The van der Waals surface area contributed by atoms with Crippen LogP contribution in [0.2, 0.25) is 5.02 Å². The monoisotopic (exact) mass is 423 g/mol. The fourth-order valence-electron chi connectivity index (χ4n) is 3.97. The maximum atomic E-state index is 13.4. The van der Waals surface area contributed by atoms with Crippen molar-refractivity contribution in [1.29, 1.82) is 0 Å². The Morgan fingerprint density at radius 2 is 2.00 bits per heavy atom. The predicted octanol–water partition coefficient (Wildman–Crippen LogP) is 3.10. The van der Waals surface area contributed by atoms with Crippen LogP contribution in [0.3, 0.4) is 0 Å². The molecule has 0 saturated heterocycles. The zero-order valence-corrected chi connectivity index (χ0v) is 16.8. The van der Waals surface area contributed by atoms with Crippen LogP contribution >= 0.6 is 22.9 Å². The molecule has 3 aliphatic rings. The van der Waals surface area contributed by atoms with Crippen LogP contribution in [0.5, 0.6) is 5.75 Å². The third-order valence-corrected chi connectivity index (χ3v) is 6.38. The summed E-state index contributed by atoms with van der Waals surface area (Å²) < 4.78 is 18.7. The number of aromatic nitrogens is 1. The number of amides is 2. The highest BCUT2D eigenvalue weighted by Crippen LogP contribution is 2.60. The van der Waals surface area contributed by atoms with Crippen molar-refractivity contribution in [2.45, 2.75) is 43.7 Å². The van der Waals surface area contributed by atoms with Gasteiger partial charge in [0.15, 0.2) is 11.6 Å². The van der Waals surface area contributed by atoms with E-state index in [0.29, 0.717) is 24.3 Å². The summed E-state index contributed by atoms with van der Waals surface area (Å²) in [5, 5.41) is 8.38. The van der Waals surface area contributed by atoms with E-state index < -0.39 is 5.82 Å². The minimum Gasteiger partial charge on any atom is -0.484 e.